The van der Waals surface area contributed by atoms with Gasteiger partial charge in [0.1, 0.15) is 4.99 Å². The SMILES string of the molecule is NC(=S)c1ccccc1CS(=O)(=O)Nc1ccccc1Cl. The van der Waals surface area contributed by atoms with E-state index in [1.54, 1.807) is 48.5 Å². The van der Waals surface area contributed by atoms with Crippen molar-refractivity contribution in [3.8, 4) is 0 Å². The quantitative estimate of drug-likeness (QED) is 0.821. The Hall–Kier alpha value is -1.63. The van der Waals surface area contributed by atoms with E-state index in [2.05, 4.69) is 4.72 Å². The zero-order valence-corrected chi connectivity index (χ0v) is 13.3. The molecular weight excluding hydrogens is 328 g/mol. The van der Waals surface area contributed by atoms with Crippen LogP contribution in [0.3, 0.4) is 0 Å². The Bertz CT molecular complexity index is 776. The predicted octanol–water partition coefficient (Wildman–Crippen LogP) is 2.92. The Balaban J connectivity index is 2.27. The number of halogens is 1. The molecule has 0 atom stereocenters. The second kappa shape index (κ2) is 6.43. The zero-order chi connectivity index (χ0) is 15.5. The monoisotopic (exact) mass is 340 g/mol. The minimum Gasteiger partial charge on any atom is -0.389 e. The summed E-state index contributed by atoms with van der Waals surface area (Å²) in [5, 5.41) is 0.337. The Morgan fingerprint density at radius 1 is 1.14 bits per heavy atom. The lowest BCUT2D eigenvalue weighted by Gasteiger charge is -2.11. The molecule has 0 saturated carbocycles. The van der Waals surface area contributed by atoms with Crippen molar-refractivity contribution in [3.05, 3.63) is 64.7 Å². The van der Waals surface area contributed by atoms with Crippen molar-refractivity contribution in [2.75, 3.05) is 4.72 Å². The van der Waals surface area contributed by atoms with Crippen LogP contribution < -0.4 is 10.5 Å². The van der Waals surface area contributed by atoms with Crippen molar-refractivity contribution in [2.45, 2.75) is 5.75 Å². The molecule has 3 N–H and O–H groups in total. The van der Waals surface area contributed by atoms with E-state index in [0.29, 0.717) is 21.8 Å². The molecule has 0 aliphatic carbocycles. The van der Waals surface area contributed by atoms with Crippen molar-refractivity contribution in [3.63, 3.8) is 0 Å². The summed E-state index contributed by atoms with van der Waals surface area (Å²) in [6.45, 7) is 0. The van der Waals surface area contributed by atoms with E-state index in [9.17, 15) is 8.42 Å². The standard InChI is InChI=1S/C14H13ClN2O2S2/c15-12-7-3-4-8-13(12)17-21(18,19)9-10-5-1-2-6-11(10)14(16)20/h1-8,17H,9H2,(H2,16,20). The highest BCUT2D eigenvalue weighted by atomic mass is 35.5. The lowest BCUT2D eigenvalue weighted by Crippen LogP contribution is -2.19. The predicted molar refractivity (Wildman–Crippen MR) is 90.0 cm³/mol. The van der Waals surface area contributed by atoms with Crippen LogP contribution in [0.4, 0.5) is 5.69 Å². The molecule has 0 saturated heterocycles. The number of nitrogens with two attached hydrogens (primary N) is 1. The van der Waals surface area contributed by atoms with Crippen LogP contribution in [-0.2, 0) is 15.8 Å². The minimum atomic E-state index is -3.62. The Kier molecular flexibility index (Phi) is 4.82. The van der Waals surface area contributed by atoms with Gasteiger partial charge in [0.15, 0.2) is 0 Å². The second-order valence-corrected chi connectivity index (χ2v) is 6.93. The van der Waals surface area contributed by atoms with Gasteiger partial charge in [0, 0.05) is 5.56 Å². The Morgan fingerprint density at radius 2 is 1.76 bits per heavy atom. The Morgan fingerprint density at radius 3 is 2.43 bits per heavy atom. The van der Waals surface area contributed by atoms with Gasteiger partial charge in [0.05, 0.1) is 16.5 Å². The van der Waals surface area contributed by atoms with E-state index in [4.69, 9.17) is 29.6 Å². The highest BCUT2D eigenvalue weighted by Gasteiger charge is 2.16. The van der Waals surface area contributed by atoms with Crippen LogP contribution in [0.1, 0.15) is 11.1 Å². The number of benzene rings is 2. The second-order valence-electron chi connectivity index (χ2n) is 4.36. The topological polar surface area (TPSA) is 72.2 Å². The third-order valence-corrected chi connectivity index (χ3v) is 4.54. The molecule has 21 heavy (non-hydrogen) atoms. The fraction of sp³-hybridized carbons (Fsp3) is 0.0714. The molecule has 2 aromatic carbocycles. The summed E-state index contributed by atoms with van der Waals surface area (Å²) in [5.74, 6) is -0.230. The molecular formula is C14H13ClN2O2S2. The van der Waals surface area contributed by atoms with Gasteiger partial charge in [-0.15, -0.1) is 0 Å². The molecule has 0 aliphatic heterocycles. The summed E-state index contributed by atoms with van der Waals surface area (Å²) in [7, 11) is -3.62. The molecule has 0 unspecified atom stereocenters. The van der Waals surface area contributed by atoms with Crippen molar-refractivity contribution in [1.29, 1.82) is 0 Å². The first kappa shape index (κ1) is 15.8. The van der Waals surface area contributed by atoms with Crippen LogP contribution in [-0.4, -0.2) is 13.4 Å². The molecule has 0 heterocycles. The van der Waals surface area contributed by atoms with Gasteiger partial charge in [-0.2, -0.15) is 0 Å². The summed E-state index contributed by atoms with van der Waals surface area (Å²) in [4.78, 5) is 0.165. The van der Waals surface area contributed by atoms with E-state index in [0.717, 1.165) is 0 Å². The summed E-state index contributed by atoms with van der Waals surface area (Å²) >= 11 is 10.9. The number of nitrogens with one attached hydrogen (secondary N) is 1. The maximum Gasteiger partial charge on any atom is 0.236 e. The van der Waals surface area contributed by atoms with E-state index < -0.39 is 10.0 Å². The third-order valence-electron chi connectivity index (χ3n) is 2.77. The van der Waals surface area contributed by atoms with Gasteiger partial charge in [-0.3, -0.25) is 4.72 Å². The lowest BCUT2D eigenvalue weighted by atomic mass is 10.1. The molecule has 110 valence electrons. The lowest BCUT2D eigenvalue weighted by molar-refractivity contribution is 0.600. The summed E-state index contributed by atoms with van der Waals surface area (Å²) < 4.78 is 26.9. The minimum absolute atomic E-state index is 0.165. The largest absolute Gasteiger partial charge is 0.389 e. The molecule has 7 heteroatoms. The maximum atomic E-state index is 12.2. The first-order valence-corrected chi connectivity index (χ1v) is 8.45. The number of sulfonamides is 1. The molecule has 4 nitrogen and oxygen atoms in total. The van der Waals surface area contributed by atoms with Crippen LogP contribution >= 0.6 is 23.8 Å². The van der Waals surface area contributed by atoms with Crippen molar-refractivity contribution >= 4 is 44.5 Å². The van der Waals surface area contributed by atoms with E-state index >= 15 is 0 Å². The first-order valence-electron chi connectivity index (χ1n) is 6.02. The van der Waals surface area contributed by atoms with Crippen LogP contribution in [0.2, 0.25) is 5.02 Å². The highest BCUT2D eigenvalue weighted by Crippen LogP contribution is 2.23. The molecule has 2 rings (SSSR count). The van der Waals surface area contributed by atoms with Gasteiger partial charge in [-0.05, 0) is 17.7 Å². The van der Waals surface area contributed by atoms with Crippen molar-refractivity contribution in [1.82, 2.24) is 0 Å². The molecule has 0 bridgehead atoms. The number of hydrogen-bond acceptors (Lipinski definition) is 3. The fourth-order valence-electron chi connectivity index (χ4n) is 1.84. The van der Waals surface area contributed by atoms with Gasteiger partial charge in [0.25, 0.3) is 0 Å². The summed E-state index contributed by atoms with van der Waals surface area (Å²) in [6.07, 6.45) is 0. The van der Waals surface area contributed by atoms with Gasteiger partial charge in [0.2, 0.25) is 10.0 Å². The molecule has 0 amide bonds. The zero-order valence-electron chi connectivity index (χ0n) is 10.9. The average molecular weight is 341 g/mol. The molecule has 0 aromatic heterocycles. The van der Waals surface area contributed by atoms with E-state index in [-0.39, 0.29) is 10.7 Å². The van der Waals surface area contributed by atoms with Gasteiger partial charge in [-0.25, -0.2) is 8.42 Å². The number of rotatable bonds is 5. The van der Waals surface area contributed by atoms with E-state index in [1.807, 2.05) is 0 Å². The van der Waals surface area contributed by atoms with Crippen LogP contribution in [0.25, 0.3) is 0 Å². The molecule has 0 spiro atoms. The maximum absolute atomic E-state index is 12.2. The van der Waals surface area contributed by atoms with Crippen LogP contribution in [0.15, 0.2) is 48.5 Å². The van der Waals surface area contributed by atoms with Gasteiger partial charge in [-0.1, -0.05) is 60.2 Å². The summed E-state index contributed by atoms with van der Waals surface area (Å²) in [6, 6.07) is 13.5. The summed E-state index contributed by atoms with van der Waals surface area (Å²) in [5.41, 5.74) is 7.04. The molecule has 0 radical (unpaired) electrons. The molecule has 0 aliphatic rings. The highest BCUT2D eigenvalue weighted by molar-refractivity contribution is 7.92. The number of hydrogen-bond donors (Lipinski definition) is 2. The van der Waals surface area contributed by atoms with Gasteiger partial charge < -0.3 is 5.73 Å². The molecule has 2 aromatic rings. The fourth-order valence-corrected chi connectivity index (χ4v) is 3.52. The van der Waals surface area contributed by atoms with Crippen molar-refractivity contribution < 1.29 is 8.42 Å². The van der Waals surface area contributed by atoms with E-state index in [1.165, 1.54) is 0 Å². The van der Waals surface area contributed by atoms with Crippen LogP contribution in [0.5, 0.6) is 0 Å². The average Bonchev–Trinajstić information content (AvgIpc) is 2.41. The third kappa shape index (κ3) is 4.17. The number of thiocarbonyl (C=S) groups is 1. The normalized spacial score (nSPS) is 11.1. The van der Waals surface area contributed by atoms with Crippen LogP contribution in [0, 0.1) is 0 Å². The smallest absolute Gasteiger partial charge is 0.236 e. The number of anilines is 1. The Labute approximate surface area is 134 Å². The van der Waals surface area contributed by atoms with Gasteiger partial charge >= 0.3 is 0 Å². The molecule has 0 fully saturated rings. The van der Waals surface area contributed by atoms with Crippen molar-refractivity contribution in [2.24, 2.45) is 5.73 Å². The number of para-hydroxylation sites is 1. The first-order chi connectivity index (χ1) is 9.89.